The molecule has 4 saturated carbocycles. The summed E-state index contributed by atoms with van der Waals surface area (Å²) in [4.78, 5) is 25.1. The lowest BCUT2D eigenvalue weighted by Gasteiger charge is -2.56. The number of carbonyl (C=O) groups excluding carboxylic acids is 2. The van der Waals surface area contributed by atoms with Gasteiger partial charge in [0.05, 0.1) is 13.5 Å². The highest BCUT2D eigenvalue weighted by atomic mass is 16.5. The molecular formula is C22H28O4. The van der Waals surface area contributed by atoms with Crippen LogP contribution in [0.4, 0.5) is 0 Å². The van der Waals surface area contributed by atoms with E-state index in [0.717, 1.165) is 17.8 Å². The molecule has 0 amide bonds. The molecule has 4 bridgehead atoms. The molecule has 1 aromatic rings. The topological polar surface area (TPSA) is 52.6 Å². The average Bonchev–Trinajstić information content (AvgIpc) is 2.59. The van der Waals surface area contributed by atoms with E-state index >= 15 is 0 Å². The van der Waals surface area contributed by atoms with E-state index in [0.29, 0.717) is 17.7 Å². The zero-order valence-electron chi connectivity index (χ0n) is 15.7. The summed E-state index contributed by atoms with van der Waals surface area (Å²) >= 11 is 0. The first-order chi connectivity index (χ1) is 12.5. The summed E-state index contributed by atoms with van der Waals surface area (Å²) in [6, 6.07) is 6.92. The van der Waals surface area contributed by atoms with Gasteiger partial charge >= 0.3 is 5.97 Å². The average molecular weight is 356 g/mol. The molecule has 140 valence electrons. The van der Waals surface area contributed by atoms with E-state index < -0.39 is 6.10 Å². The van der Waals surface area contributed by atoms with Crippen molar-refractivity contribution < 1.29 is 19.1 Å². The van der Waals surface area contributed by atoms with Crippen molar-refractivity contribution in [3.8, 4) is 5.75 Å². The Labute approximate surface area is 155 Å². The minimum atomic E-state index is -0.746. The van der Waals surface area contributed by atoms with Crippen LogP contribution in [0.3, 0.4) is 0 Å². The Balaban J connectivity index is 1.36. The summed E-state index contributed by atoms with van der Waals surface area (Å²) in [6.45, 7) is 1.67. The molecule has 4 aliphatic rings. The largest absolute Gasteiger partial charge is 0.497 e. The van der Waals surface area contributed by atoms with E-state index in [9.17, 15) is 9.59 Å². The molecule has 0 saturated heterocycles. The molecule has 0 aliphatic heterocycles. The smallest absolute Gasteiger partial charge is 0.307 e. The van der Waals surface area contributed by atoms with Gasteiger partial charge in [0.15, 0.2) is 6.10 Å². The standard InChI is InChI=1S/C22H28O4/c1-14(21(24)18-3-5-19(25-2)6-4-18)26-20(23)13-22-10-15-7-16(11-22)9-17(8-15)12-22/h3-6,14-17H,7-13H2,1-2H3/t14-,15?,16?,17?,22?/m1/s1. The maximum absolute atomic E-state index is 12.6. The van der Waals surface area contributed by atoms with Crippen molar-refractivity contribution in [1.82, 2.24) is 0 Å². The number of carbonyl (C=O) groups is 2. The summed E-state index contributed by atoms with van der Waals surface area (Å²) in [7, 11) is 1.59. The van der Waals surface area contributed by atoms with Gasteiger partial charge in [-0.1, -0.05) is 0 Å². The van der Waals surface area contributed by atoms with Crippen molar-refractivity contribution in [2.45, 2.75) is 58.0 Å². The number of rotatable bonds is 6. The number of esters is 1. The third-order valence-electron chi connectivity index (χ3n) is 6.74. The first kappa shape index (κ1) is 17.6. The van der Waals surface area contributed by atoms with Crippen LogP contribution in [0.15, 0.2) is 24.3 Å². The fourth-order valence-electron chi connectivity index (χ4n) is 6.10. The Morgan fingerprint density at radius 1 is 1.04 bits per heavy atom. The van der Waals surface area contributed by atoms with E-state index in [-0.39, 0.29) is 17.2 Å². The van der Waals surface area contributed by atoms with E-state index in [4.69, 9.17) is 9.47 Å². The van der Waals surface area contributed by atoms with Gasteiger partial charge in [-0.05, 0) is 92.9 Å². The van der Waals surface area contributed by atoms with Gasteiger partial charge in [-0.15, -0.1) is 0 Å². The third-order valence-corrected chi connectivity index (χ3v) is 6.74. The summed E-state index contributed by atoms with van der Waals surface area (Å²) in [5.74, 6) is 2.77. The molecular weight excluding hydrogens is 328 g/mol. The van der Waals surface area contributed by atoms with Crippen LogP contribution in [-0.2, 0) is 9.53 Å². The number of hydrogen-bond donors (Lipinski definition) is 0. The van der Waals surface area contributed by atoms with Gasteiger partial charge in [-0.3, -0.25) is 9.59 Å². The third kappa shape index (κ3) is 3.38. The number of benzene rings is 1. The number of ketones is 1. The lowest BCUT2D eigenvalue weighted by molar-refractivity contribution is -0.154. The van der Waals surface area contributed by atoms with Crippen LogP contribution in [-0.4, -0.2) is 25.0 Å². The highest BCUT2D eigenvalue weighted by Gasteiger charge is 2.51. The zero-order chi connectivity index (χ0) is 18.3. The lowest BCUT2D eigenvalue weighted by atomic mass is 9.49. The summed E-state index contributed by atoms with van der Waals surface area (Å²) in [5, 5.41) is 0. The maximum Gasteiger partial charge on any atom is 0.307 e. The zero-order valence-corrected chi connectivity index (χ0v) is 15.7. The van der Waals surface area contributed by atoms with Crippen LogP contribution in [0.2, 0.25) is 0 Å². The van der Waals surface area contributed by atoms with Gasteiger partial charge in [0.2, 0.25) is 5.78 Å². The summed E-state index contributed by atoms with van der Waals surface area (Å²) in [5.41, 5.74) is 0.690. The predicted molar refractivity (Wildman–Crippen MR) is 98.1 cm³/mol. The second-order valence-electron chi connectivity index (χ2n) is 8.82. The highest BCUT2D eigenvalue weighted by Crippen LogP contribution is 2.61. The SMILES string of the molecule is COc1ccc(C(=O)[C@@H](C)OC(=O)CC23CC4CC(CC(C4)C2)C3)cc1. The Bertz CT molecular complexity index is 655. The van der Waals surface area contributed by atoms with Crippen molar-refractivity contribution in [3.63, 3.8) is 0 Å². The van der Waals surface area contributed by atoms with Gasteiger partial charge in [0, 0.05) is 5.56 Å². The molecule has 1 atom stereocenters. The molecule has 0 aromatic heterocycles. The molecule has 0 radical (unpaired) electrons. The summed E-state index contributed by atoms with van der Waals surface area (Å²) < 4.78 is 10.7. The van der Waals surface area contributed by atoms with E-state index in [2.05, 4.69) is 0 Å². The quantitative estimate of drug-likeness (QED) is 0.559. The lowest BCUT2D eigenvalue weighted by Crippen LogP contribution is -2.47. The molecule has 1 aromatic carbocycles. The van der Waals surface area contributed by atoms with Crippen LogP contribution < -0.4 is 4.74 Å². The molecule has 0 heterocycles. The van der Waals surface area contributed by atoms with E-state index in [1.54, 1.807) is 38.3 Å². The van der Waals surface area contributed by atoms with Crippen molar-refractivity contribution in [3.05, 3.63) is 29.8 Å². The number of ether oxygens (including phenoxy) is 2. The Kier molecular flexibility index (Phi) is 4.54. The maximum atomic E-state index is 12.6. The molecule has 0 unspecified atom stereocenters. The minimum Gasteiger partial charge on any atom is -0.497 e. The molecule has 26 heavy (non-hydrogen) atoms. The monoisotopic (exact) mass is 356 g/mol. The fraction of sp³-hybridized carbons (Fsp3) is 0.636. The molecule has 4 nitrogen and oxygen atoms in total. The van der Waals surface area contributed by atoms with Crippen LogP contribution in [0.1, 0.15) is 62.2 Å². The van der Waals surface area contributed by atoms with Gasteiger partial charge in [0.25, 0.3) is 0 Å². The van der Waals surface area contributed by atoms with Crippen molar-refractivity contribution in [1.29, 1.82) is 0 Å². The number of Topliss-reactive ketones (excluding diaryl/α,β-unsaturated/α-hetero) is 1. The molecule has 5 rings (SSSR count). The summed E-state index contributed by atoms with van der Waals surface area (Å²) in [6.07, 6.45) is 7.35. The Morgan fingerprint density at radius 2 is 1.58 bits per heavy atom. The second-order valence-corrected chi connectivity index (χ2v) is 8.82. The van der Waals surface area contributed by atoms with Gasteiger partial charge in [-0.25, -0.2) is 0 Å². The predicted octanol–water partition coefficient (Wildman–Crippen LogP) is 4.42. The highest BCUT2D eigenvalue weighted by molar-refractivity contribution is 6.00. The number of methoxy groups -OCH3 is 1. The Hall–Kier alpha value is -1.84. The normalized spacial score (nSPS) is 32.9. The van der Waals surface area contributed by atoms with E-state index in [1.165, 1.54) is 38.5 Å². The van der Waals surface area contributed by atoms with Gasteiger partial charge in [0.1, 0.15) is 5.75 Å². The van der Waals surface area contributed by atoms with Crippen molar-refractivity contribution in [2.75, 3.05) is 7.11 Å². The first-order valence-electron chi connectivity index (χ1n) is 9.84. The van der Waals surface area contributed by atoms with Crippen LogP contribution in [0, 0.1) is 23.2 Å². The second kappa shape index (κ2) is 6.71. The van der Waals surface area contributed by atoms with Gasteiger partial charge in [-0.2, -0.15) is 0 Å². The first-order valence-corrected chi connectivity index (χ1v) is 9.84. The minimum absolute atomic E-state index is 0.148. The van der Waals surface area contributed by atoms with Crippen LogP contribution in [0.5, 0.6) is 5.75 Å². The van der Waals surface area contributed by atoms with Crippen molar-refractivity contribution in [2.24, 2.45) is 23.2 Å². The molecule has 4 aliphatic carbocycles. The fourth-order valence-corrected chi connectivity index (χ4v) is 6.10. The molecule has 4 heteroatoms. The molecule has 4 fully saturated rings. The van der Waals surface area contributed by atoms with Crippen LogP contribution in [0.25, 0.3) is 0 Å². The van der Waals surface area contributed by atoms with Crippen molar-refractivity contribution >= 4 is 11.8 Å². The van der Waals surface area contributed by atoms with Crippen LogP contribution >= 0.6 is 0 Å². The number of hydrogen-bond acceptors (Lipinski definition) is 4. The Morgan fingerprint density at radius 3 is 2.08 bits per heavy atom. The van der Waals surface area contributed by atoms with Gasteiger partial charge < -0.3 is 9.47 Å². The molecule has 0 spiro atoms. The molecule has 0 N–H and O–H groups in total. The van der Waals surface area contributed by atoms with E-state index in [1.807, 2.05) is 0 Å².